The van der Waals surface area contributed by atoms with Crippen molar-refractivity contribution in [3.8, 4) is 5.69 Å². The second-order valence-corrected chi connectivity index (χ2v) is 6.86. The fourth-order valence-corrected chi connectivity index (χ4v) is 3.70. The molecule has 4 rings (SSSR count). The van der Waals surface area contributed by atoms with Gasteiger partial charge in [0.1, 0.15) is 18.5 Å². The van der Waals surface area contributed by atoms with Crippen molar-refractivity contribution >= 4 is 5.91 Å². The lowest BCUT2D eigenvalue weighted by atomic mass is 9.96. The van der Waals surface area contributed by atoms with Gasteiger partial charge in [-0.2, -0.15) is 0 Å². The maximum absolute atomic E-state index is 13.0. The van der Waals surface area contributed by atoms with Crippen LogP contribution in [0.5, 0.6) is 0 Å². The molecule has 0 unspecified atom stereocenters. The van der Waals surface area contributed by atoms with Gasteiger partial charge in [0.05, 0.1) is 5.69 Å². The van der Waals surface area contributed by atoms with Gasteiger partial charge < -0.3 is 9.47 Å². The predicted octanol–water partition coefficient (Wildman–Crippen LogP) is 2.33. The van der Waals surface area contributed by atoms with E-state index in [0.717, 1.165) is 36.6 Å². The largest absolute Gasteiger partial charge is 0.338 e. The van der Waals surface area contributed by atoms with Crippen molar-refractivity contribution < 1.29 is 4.79 Å². The minimum absolute atomic E-state index is 0.0653. The average molecular weight is 350 g/mol. The molecule has 3 heterocycles. The quantitative estimate of drug-likeness (QED) is 0.727. The SMILES string of the molecule is Cc1cn(C)c([C@H]2CCCN(C(=O)c3cccc(-n4cnnc4)c3)C2)n1. The van der Waals surface area contributed by atoms with Crippen LogP contribution in [0.2, 0.25) is 0 Å². The molecule has 1 saturated heterocycles. The molecule has 26 heavy (non-hydrogen) atoms. The van der Waals surface area contributed by atoms with E-state index in [4.69, 9.17) is 0 Å². The Morgan fingerprint density at radius 2 is 2.04 bits per heavy atom. The number of piperidine rings is 1. The Kier molecular flexibility index (Phi) is 4.28. The van der Waals surface area contributed by atoms with Gasteiger partial charge in [0, 0.05) is 43.5 Å². The van der Waals surface area contributed by atoms with Gasteiger partial charge >= 0.3 is 0 Å². The van der Waals surface area contributed by atoms with E-state index < -0.39 is 0 Å². The maximum Gasteiger partial charge on any atom is 0.253 e. The average Bonchev–Trinajstić information content (AvgIpc) is 3.31. The number of carbonyl (C=O) groups is 1. The molecule has 3 aromatic rings. The monoisotopic (exact) mass is 350 g/mol. The van der Waals surface area contributed by atoms with Crippen molar-refractivity contribution in [3.63, 3.8) is 0 Å². The molecule has 0 saturated carbocycles. The molecule has 1 amide bonds. The zero-order valence-corrected chi connectivity index (χ0v) is 15.0. The van der Waals surface area contributed by atoms with E-state index in [2.05, 4.69) is 19.7 Å². The van der Waals surface area contributed by atoms with E-state index >= 15 is 0 Å². The second kappa shape index (κ2) is 6.74. The third-order valence-corrected chi connectivity index (χ3v) is 4.92. The Bertz CT molecular complexity index is 914. The van der Waals surface area contributed by atoms with Gasteiger partial charge in [0.25, 0.3) is 5.91 Å². The lowest BCUT2D eigenvalue weighted by molar-refractivity contribution is 0.0703. The number of hydrogen-bond donors (Lipinski definition) is 0. The summed E-state index contributed by atoms with van der Waals surface area (Å²) in [6, 6.07) is 7.59. The number of rotatable bonds is 3. The third kappa shape index (κ3) is 3.12. The van der Waals surface area contributed by atoms with Gasteiger partial charge in [0.2, 0.25) is 0 Å². The van der Waals surface area contributed by atoms with Crippen molar-refractivity contribution in [3.05, 3.63) is 60.2 Å². The summed E-state index contributed by atoms with van der Waals surface area (Å²) in [5.41, 5.74) is 2.59. The summed E-state index contributed by atoms with van der Waals surface area (Å²) >= 11 is 0. The molecule has 0 bridgehead atoms. The molecule has 1 atom stereocenters. The van der Waals surface area contributed by atoms with E-state index in [-0.39, 0.29) is 11.8 Å². The summed E-state index contributed by atoms with van der Waals surface area (Å²) in [7, 11) is 2.03. The summed E-state index contributed by atoms with van der Waals surface area (Å²) in [5, 5.41) is 7.65. The number of imidazole rings is 1. The van der Waals surface area contributed by atoms with Crippen LogP contribution in [0, 0.1) is 6.92 Å². The van der Waals surface area contributed by atoms with Crippen LogP contribution in [0.15, 0.2) is 43.1 Å². The van der Waals surface area contributed by atoms with Crippen molar-refractivity contribution in [2.75, 3.05) is 13.1 Å². The molecular weight excluding hydrogens is 328 g/mol. The molecule has 0 N–H and O–H groups in total. The number of amides is 1. The number of aromatic nitrogens is 5. The fraction of sp³-hybridized carbons (Fsp3) is 0.368. The first-order valence-electron chi connectivity index (χ1n) is 8.86. The highest BCUT2D eigenvalue weighted by Crippen LogP contribution is 2.27. The summed E-state index contributed by atoms with van der Waals surface area (Å²) < 4.78 is 3.88. The second-order valence-electron chi connectivity index (χ2n) is 6.86. The number of hydrogen-bond acceptors (Lipinski definition) is 4. The van der Waals surface area contributed by atoms with Crippen LogP contribution in [0.3, 0.4) is 0 Å². The van der Waals surface area contributed by atoms with Crippen LogP contribution < -0.4 is 0 Å². The van der Waals surface area contributed by atoms with Gasteiger partial charge in [-0.25, -0.2) is 4.98 Å². The van der Waals surface area contributed by atoms with E-state index in [1.807, 2.05) is 49.3 Å². The van der Waals surface area contributed by atoms with E-state index in [9.17, 15) is 4.79 Å². The minimum Gasteiger partial charge on any atom is -0.338 e. The van der Waals surface area contributed by atoms with Gasteiger partial charge in [-0.3, -0.25) is 9.36 Å². The van der Waals surface area contributed by atoms with Crippen LogP contribution in [0.4, 0.5) is 0 Å². The number of carbonyl (C=O) groups excluding carboxylic acids is 1. The van der Waals surface area contributed by atoms with E-state index in [1.165, 1.54) is 0 Å². The number of nitrogens with zero attached hydrogens (tertiary/aromatic N) is 6. The van der Waals surface area contributed by atoms with E-state index in [0.29, 0.717) is 12.1 Å². The molecule has 1 aliphatic heterocycles. The highest BCUT2D eigenvalue weighted by atomic mass is 16.2. The van der Waals surface area contributed by atoms with Crippen molar-refractivity contribution in [1.29, 1.82) is 0 Å². The van der Waals surface area contributed by atoms with Crippen LogP contribution in [0.25, 0.3) is 5.69 Å². The molecular formula is C19H22N6O. The van der Waals surface area contributed by atoms with Gasteiger partial charge in [0.15, 0.2) is 0 Å². The maximum atomic E-state index is 13.0. The Labute approximate surface area is 152 Å². The smallest absolute Gasteiger partial charge is 0.253 e. The molecule has 0 spiro atoms. The molecule has 0 aliphatic carbocycles. The summed E-state index contributed by atoms with van der Waals surface area (Å²) in [6.45, 7) is 3.50. The molecule has 7 heteroatoms. The molecule has 0 radical (unpaired) electrons. The highest BCUT2D eigenvalue weighted by molar-refractivity contribution is 5.94. The Morgan fingerprint density at radius 3 is 2.77 bits per heavy atom. The normalized spacial score (nSPS) is 17.5. The molecule has 1 fully saturated rings. The first kappa shape index (κ1) is 16.5. The molecule has 7 nitrogen and oxygen atoms in total. The first-order valence-corrected chi connectivity index (χ1v) is 8.86. The topological polar surface area (TPSA) is 68.8 Å². The van der Waals surface area contributed by atoms with Crippen LogP contribution in [-0.4, -0.2) is 48.2 Å². The standard InChI is InChI=1S/C19H22N6O/c1-14-10-23(2)18(22-14)16-6-4-8-24(11-16)19(26)15-5-3-7-17(9-15)25-12-20-21-13-25/h3,5,7,9-10,12-13,16H,4,6,8,11H2,1-2H3/t16-/m0/s1. The number of benzene rings is 1. The minimum atomic E-state index is 0.0653. The van der Waals surface area contributed by atoms with Crippen LogP contribution in [-0.2, 0) is 7.05 Å². The van der Waals surface area contributed by atoms with Crippen molar-refractivity contribution in [1.82, 2.24) is 29.2 Å². The molecule has 1 aliphatic rings. The van der Waals surface area contributed by atoms with Crippen molar-refractivity contribution in [2.24, 2.45) is 7.05 Å². The predicted molar refractivity (Wildman–Crippen MR) is 97.2 cm³/mol. The molecule has 1 aromatic carbocycles. The van der Waals surface area contributed by atoms with Crippen molar-refractivity contribution in [2.45, 2.75) is 25.7 Å². The molecule has 2 aromatic heterocycles. The van der Waals surface area contributed by atoms with Gasteiger partial charge in [-0.05, 0) is 38.0 Å². The third-order valence-electron chi connectivity index (χ3n) is 4.92. The van der Waals surface area contributed by atoms with Crippen LogP contribution >= 0.6 is 0 Å². The summed E-state index contributed by atoms with van der Waals surface area (Å²) in [5.74, 6) is 1.42. The Balaban J connectivity index is 1.55. The number of likely N-dealkylation sites (tertiary alicyclic amines) is 1. The lowest BCUT2D eigenvalue weighted by Crippen LogP contribution is -2.39. The van der Waals surface area contributed by atoms with Crippen LogP contribution in [0.1, 0.15) is 40.6 Å². The lowest BCUT2D eigenvalue weighted by Gasteiger charge is -2.32. The van der Waals surface area contributed by atoms with Gasteiger partial charge in [-0.1, -0.05) is 6.07 Å². The number of aryl methyl sites for hydroxylation is 2. The zero-order chi connectivity index (χ0) is 18.1. The molecule has 134 valence electrons. The first-order chi connectivity index (χ1) is 12.6. The highest BCUT2D eigenvalue weighted by Gasteiger charge is 2.28. The zero-order valence-electron chi connectivity index (χ0n) is 15.0. The Hall–Kier alpha value is -2.96. The summed E-state index contributed by atoms with van der Waals surface area (Å²) in [6.07, 6.45) is 7.36. The fourth-order valence-electron chi connectivity index (χ4n) is 3.70. The Morgan fingerprint density at radius 1 is 1.23 bits per heavy atom. The summed E-state index contributed by atoms with van der Waals surface area (Å²) in [4.78, 5) is 19.7. The van der Waals surface area contributed by atoms with Gasteiger partial charge in [-0.15, -0.1) is 10.2 Å². The van der Waals surface area contributed by atoms with E-state index in [1.54, 1.807) is 17.2 Å².